The molecule has 3 rings (SSSR count). The number of benzene rings is 2. The highest BCUT2D eigenvalue weighted by atomic mass is 127. The Labute approximate surface area is 207 Å². The molecule has 0 spiro atoms. The number of hydrogen-bond acceptors (Lipinski definition) is 5. The van der Waals surface area contributed by atoms with Crippen LogP contribution in [0.1, 0.15) is 12.5 Å². The number of anilines is 2. The number of hydrogen-bond donors (Lipinski definition) is 2. The number of methoxy groups -OCH3 is 2. The normalized spacial score (nSPS) is 14.5. The molecule has 1 heterocycles. The first-order valence-corrected chi connectivity index (χ1v) is 10.5. The number of rotatable bonds is 7. The highest BCUT2D eigenvalue weighted by Gasteiger charge is 2.18. The molecule has 2 aromatic rings. The maximum atomic E-state index is 14.8. The summed E-state index contributed by atoms with van der Waals surface area (Å²) in [7, 11) is 4.88. The summed E-state index contributed by atoms with van der Waals surface area (Å²) >= 11 is 0. The van der Waals surface area contributed by atoms with Crippen molar-refractivity contribution in [1.29, 1.82) is 0 Å². The molecule has 176 valence electrons. The van der Waals surface area contributed by atoms with E-state index in [9.17, 15) is 4.39 Å². The second-order valence-corrected chi connectivity index (χ2v) is 7.33. The van der Waals surface area contributed by atoms with Crippen molar-refractivity contribution >= 4 is 41.3 Å². The Hall–Kier alpha value is -2.27. The molecule has 7 nitrogen and oxygen atoms in total. The van der Waals surface area contributed by atoms with Crippen molar-refractivity contribution in [3.8, 4) is 11.5 Å². The molecule has 0 unspecified atom stereocenters. The Morgan fingerprint density at radius 3 is 2.34 bits per heavy atom. The minimum atomic E-state index is -0.188. The van der Waals surface area contributed by atoms with E-state index in [4.69, 9.17) is 9.47 Å². The molecule has 0 bridgehead atoms. The van der Waals surface area contributed by atoms with Crippen LogP contribution in [0.2, 0.25) is 0 Å². The van der Waals surface area contributed by atoms with Gasteiger partial charge >= 0.3 is 0 Å². The van der Waals surface area contributed by atoms with Crippen LogP contribution in [0, 0.1) is 5.82 Å². The van der Waals surface area contributed by atoms with Gasteiger partial charge in [0.2, 0.25) is 0 Å². The number of likely N-dealkylation sites (N-methyl/N-ethyl adjacent to an activating group) is 1. The standard InChI is InChI=1S/C23H32FN5O2.HI/c1-5-28-10-12-29(13-11-28)20-8-6-17(14-19(20)24)16-26-23(25-2)27-18-7-9-21(30-3)22(15-18)31-4;/h6-9,14-15H,5,10-13,16H2,1-4H3,(H2,25,26,27);1H. The second-order valence-electron chi connectivity index (χ2n) is 7.33. The SMILES string of the molecule is CCN1CCN(c2ccc(CNC(=NC)Nc3ccc(OC)c(OC)c3)cc2F)CC1.I. The molecule has 2 aromatic carbocycles. The monoisotopic (exact) mass is 557 g/mol. The molecule has 9 heteroatoms. The van der Waals surface area contributed by atoms with Crippen molar-refractivity contribution < 1.29 is 13.9 Å². The lowest BCUT2D eigenvalue weighted by Gasteiger charge is -2.35. The van der Waals surface area contributed by atoms with E-state index in [1.807, 2.05) is 30.3 Å². The summed E-state index contributed by atoms with van der Waals surface area (Å²) in [5.74, 6) is 1.67. The summed E-state index contributed by atoms with van der Waals surface area (Å²) < 4.78 is 25.4. The fourth-order valence-electron chi connectivity index (χ4n) is 3.64. The maximum Gasteiger partial charge on any atom is 0.195 e. The maximum absolute atomic E-state index is 14.8. The van der Waals surface area contributed by atoms with Crippen molar-refractivity contribution in [3.63, 3.8) is 0 Å². The first kappa shape index (κ1) is 26.0. The number of piperazine rings is 1. The van der Waals surface area contributed by atoms with Crippen LogP contribution in [0.25, 0.3) is 0 Å². The van der Waals surface area contributed by atoms with Gasteiger partial charge in [-0.1, -0.05) is 13.0 Å². The van der Waals surface area contributed by atoms with Gasteiger partial charge in [0.05, 0.1) is 19.9 Å². The fraction of sp³-hybridized carbons (Fsp3) is 0.435. The van der Waals surface area contributed by atoms with E-state index in [-0.39, 0.29) is 29.8 Å². The first-order valence-electron chi connectivity index (χ1n) is 10.5. The van der Waals surface area contributed by atoms with Crippen molar-refractivity contribution in [1.82, 2.24) is 10.2 Å². The van der Waals surface area contributed by atoms with E-state index in [0.29, 0.717) is 29.7 Å². The number of nitrogens with zero attached hydrogens (tertiary/aromatic N) is 3. The van der Waals surface area contributed by atoms with Crippen molar-refractivity contribution in [2.24, 2.45) is 4.99 Å². The summed E-state index contributed by atoms with van der Waals surface area (Å²) in [4.78, 5) is 8.74. The molecule has 1 fully saturated rings. The minimum Gasteiger partial charge on any atom is -0.493 e. The quantitative estimate of drug-likeness (QED) is 0.307. The van der Waals surface area contributed by atoms with E-state index in [2.05, 4.69) is 32.3 Å². The van der Waals surface area contributed by atoms with Gasteiger partial charge in [0.1, 0.15) is 5.82 Å². The van der Waals surface area contributed by atoms with E-state index in [1.165, 1.54) is 0 Å². The summed E-state index contributed by atoms with van der Waals surface area (Å²) in [5, 5.41) is 6.43. The fourth-order valence-corrected chi connectivity index (χ4v) is 3.64. The molecule has 0 amide bonds. The zero-order valence-electron chi connectivity index (χ0n) is 19.2. The van der Waals surface area contributed by atoms with Gasteiger partial charge in [0, 0.05) is 51.5 Å². The van der Waals surface area contributed by atoms with E-state index >= 15 is 0 Å². The summed E-state index contributed by atoms with van der Waals surface area (Å²) in [6, 6.07) is 11.0. The predicted octanol–water partition coefficient (Wildman–Crippen LogP) is 3.79. The van der Waals surface area contributed by atoms with Crippen molar-refractivity contribution in [2.45, 2.75) is 13.5 Å². The predicted molar refractivity (Wildman–Crippen MR) is 140 cm³/mol. The molecule has 0 radical (unpaired) electrons. The highest BCUT2D eigenvalue weighted by molar-refractivity contribution is 14.0. The Morgan fingerprint density at radius 1 is 1.03 bits per heavy atom. The molecular weight excluding hydrogens is 524 g/mol. The van der Waals surface area contributed by atoms with Crippen LogP contribution in [0.4, 0.5) is 15.8 Å². The average Bonchev–Trinajstić information content (AvgIpc) is 2.81. The lowest BCUT2D eigenvalue weighted by Crippen LogP contribution is -2.46. The Bertz CT molecular complexity index is 904. The smallest absolute Gasteiger partial charge is 0.195 e. The largest absolute Gasteiger partial charge is 0.493 e. The van der Waals surface area contributed by atoms with Crippen LogP contribution in [0.5, 0.6) is 11.5 Å². The molecule has 0 saturated carbocycles. The van der Waals surface area contributed by atoms with Gasteiger partial charge in [-0.05, 0) is 36.4 Å². The topological polar surface area (TPSA) is 61.4 Å². The zero-order chi connectivity index (χ0) is 22.2. The van der Waals surface area contributed by atoms with Crippen LogP contribution in [0.3, 0.4) is 0 Å². The van der Waals surface area contributed by atoms with Gasteiger partial charge in [-0.2, -0.15) is 0 Å². The van der Waals surface area contributed by atoms with Crippen LogP contribution in [0.15, 0.2) is 41.4 Å². The van der Waals surface area contributed by atoms with Gasteiger partial charge in [-0.3, -0.25) is 4.99 Å². The van der Waals surface area contributed by atoms with Crippen LogP contribution < -0.4 is 25.0 Å². The Kier molecular flexibility index (Phi) is 10.3. The third-order valence-electron chi connectivity index (χ3n) is 5.50. The van der Waals surface area contributed by atoms with Gasteiger partial charge in [0.15, 0.2) is 17.5 Å². The van der Waals surface area contributed by atoms with Crippen LogP contribution in [-0.4, -0.2) is 64.9 Å². The Morgan fingerprint density at radius 2 is 1.75 bits per heavy atom. The third-order valence-corrected chi connectivity index (χ3v) is 5.50. The lowest BCUT2D eigenvalue weighted by atomic mass is 10.1. The molecule has 0 aliphatic carbocycles. The van der Waals surface area contributed by atoms with Gasteiger partial charge in [-0.15, -0.1) is 24.0 Å². The molecule has 1 aliphatic heterocycles. The van der Waals surface area contributed by atoms with Gasteiger partial charge in [-0.25, -0.2) is 4.39 Å². The first-order chi connectivity index (χ1) is 15.1. The zero-order valence-corrected chi connectivity index (χ0v) is 21.5. The van der Waals surface area contributed by atoms with Crippen molar-refractivity contribution in [2.75, 3.05) is 64.2 Å². The summed E-state index contributed by atoms with van der Waals surface area (Å²) in [6.45, 7) is 7.29. The molecule has 2 N–H and O–H groups in total. The number of ether oxygens (including phenoxy) is 2. The molecule has 0 atom stereocenters. The van der Waals surface area contributed by atoms with Crippen molar-refractivity contribution in [3.05, 3.63) is 47.8 Å². The number of halogens is 2. The molecule has 0 aromatic heterocycles. The van der Waals surface area contributed by atoms with E-state index in [1.54, 1.807) is 27.3 Å². The minimum absolute atomic E-state index is 0. The van der Waals surface area contributed by atoms with Crippen LogP contribution in [-0.2, 0) is 6.54 Å². The van der Waals surface area contributed by atoms with Crippen LogP contribution >= 0.6 is 24.0 Å². The Balaban J connectivity index is 0.00000363. The summed E-state index contributed by atoms with van der Waals surface area (Å²) in [6.07, 6.45) is 0. The molecular formula is C23H33FIN5O2. The third kappa shape index (κ3) is 6.61. The molecule has 32 heavy (non-hydrogen) atoms. The van der Waals surface area contributed by atoms with E-state index < -0.39 is 0 Å². The average molecular weight is 557 g/mol. The highest BCUT2D eigenvalue weighted by Crippen LogP contribution is 2.29. The molecule has 1 saturated heterocycles. The van der Waals surface area contributed by atoms with Gasteiger partial charge in [0.25, 0.3) is 0 Å². The van der Waals surface area contributed by atoms with Gasteiger partial charge < -0.3 is 29.9 Å². The number of nitrogens with one attached hydrogen (secondary N) is 2. The second kappa shape index (κ2) is 12.7. The lowest BCUT2D eigenvalue weighted by molar-refractivity contribution is 0.270. The summed E-state index contributed by atoms with van der Waals surface area (Å²) in [5.41, 5.74) is 2.33. The van der Waals surface area contributed by atoms with E-state index in [0.717, 1.165) is 44.0 Å². The number of aliphatic imine (C=N–C) groups is 1. The number of guanidine groups is 1. The molecule has 1 aliphatic rings.